The molecule has 3 aromatic carbocycles. The summed E-state index contributed by atoms with van der Waals surface area (Å²) in [4.78, 5) is 29.4. The van der Waals surface area contributed by atoms with Crippen LogP contribution in [0.1, 0.15) is 37.3 Å². The van der Waals surface area contributed by atoms with Gasteiger partial charge in [-0.05, 0) is 54.5 Å². The molecule has 0 radical (unpaired) electrons. The van der Waals surface area contributed by atoms with Crippen LogP contribution < -0.4 is 5.32 Å². The van der Waals surface area contributed by atoms with Crippen LogP contribution >= 0.6 is 23.4 Å². The minimum Gasteiger partial charge on any atom is -0.354 e. The first-order valence-electron chi connectivity index (χ1n) is 12.2. The van der Waals surface area contributed by atoms with Gasteiger partial charge in [0.25, 0.3) is 0 Å². The third-order valence-corrected chi connectivity index (χ3v) is 7.09. The number of benzene rings is 3. The highest BCUT2D eigenvalue weighted by Crippen LogP contribution is 2.23. The van der Waals surface area contributed by atoms with E-state index in [1.807, 2.05) is 61.5 Å². The second-order valence-corrected chi connectivity index (χ2v) is 10.1. The van der Waals surface area contributed by atoms with Gasteiger partial charge in [0.2, 0.25) is 11.8 Å². The number of rotatable bonds is 13. The van der Waals surface area contributed by atoms with Crippen LogP contribution in [-0.2, 0) is 22.6 Å². The molecule has 0 saturated heterocycles. The Balaban J connectivity index is 1.78. The van der Waals surface area contributed by atoms with E-state index < -0.39 is 6.04 Å². The Bertz CT molecular complexity index is 1110. The molecule has 1 atom stereocenters. The van der Waals surface area contributed by atoms with E-state index in [1.165, 1.54) is 6.07 Å². The number of thioether (sulfide) groups is 1. The number of amides is 2. The lowest BCUT2D eigenvalue weighted by atomic mass is 10.0. The van der Waals surface area contributed by atoms with Crippen molar-refractivity contribution in [2.75, 3.05) is 12.3 Å². The van der Waals surface area contributed by atoms with Gasteiger partial charge in [0.1, 0.15) is 11.9 Å². The van der Waals surface area contributed by atoms with Crippen molar-refractivity contribution in [3.05, 3.63) is 101 Å². The van der Waals surface area contributed by atoms with E-state index in [1.54, 1.807) is 34.9 Å². The Morgan fingerprint density at radius 1 is 1.00 bits per heavy atom. The van der Waals surface area contributed by atoms with E-state index in [0.29, 0.717) is 30.0 Å². The zero-order chi connectivity index (χ0) is 25.8. The van der Waals surface area contributed by atoms with Crippen molar-refractivity contribution in [2.24, 2.45) is 0 Å². The van der Waals surface area contributed by atoms with Gasteiger partial charge in [-0.25, -0.2) is 4.39 Å². The molecule has 0 heterocycles. The molecule has 36 heavy (non-hydrogen) atoms. The van der Waals surface area contributed by atoms with Gasteiger partial charge in [-0.3, -0.25) is 9.59 Å². The molecule has 1 N–H and O–H groups in total. The van der Waals surface area contributed by atoms with Crippen LogP contribution in [0.15, 0.2) is 83.8 Å². The number of nitrogens with zero attached hydrogens (tertiary/aromatic N) is 1. The molecule has 0 spiro atoms. The van der Waals surface area contributed by atoms with Crippen molar-refractivity contribution in [3.8, 4) is 0 Å². The predicted octanol–water partition coefficient (Wildman–Crippen LogP) is 6.52. The topological polar surface area (TPSA) is 49.4 Å². The molecule has 3 rings (SSSR count). The Morgan fingerprint density at radius 3 is 2.39 bits per heavy atom. The second kappa shape index (κ2) is 14.7. The highest BCUT2D eigenvalue weighted by atomic mass is 35.5. The van der Waals surface area contributed by atoms with Gasteiger partial charge in [-0.2, -0.15) is 0 Å². The van der Waals surface area contributed by atoms with Crippen molar-refractivity contribution in [3.63, 3.8) is 0 Å². The Labute approximate surface area is 222 Å². The van der Waals surface area contributed by atoms with E-state index in [0.717, 1.165) is 22.6 Å². The predicted molar refractivity (Wildman–Crippen MR) is 146 cm³/mol. The molecule has 2 amide bonds. The molecule has 0 aliphatic rings. The highest BCUT2D eigenvalue weighted by Gasteiger charge is 2.30. The molecule has 7 heteroatoms. The normalized spacial score (nSPS) is 11.6. The van der Waals surface area contributed by atoms with Crippen LogP contribution in [0.3, 0.4) is 0 Å². The number of carbonyl (C=O) groups is 2. The van der Waals surface area contributed by atoms with Crippen LogP contribution in [-0.4, -0.2) is 35.1 Å². The third kappa shape index (κ3) is 8.68. The molecule has 0 bridgehead atoms. The van der Waals surface area contributed by atoms with Crippen molar-refractivity contribution in [1.29, 1.82) is 0 Å². The lowest BCUT2D eigenvalue weighted by Gasteiger charge is -2.31. The molecule has 0 aromatic heterocycles. The maximum absolute atomic E-state index is 14.6. The number of hydrogen-bond donors (Lipinski definition) is 1. The van der Waals surface area contributed by atoms with E-state index in [2.05, 4.69) is 5.32 Å². The molecular weight excluding hydrogens is 495 g/mol. The van der Waals surface area contributed by atoms with Crippen LogP contribution in [0.2, 0.25) is 5.02 Å². The quantitative estimate of drug-likeness (QED) is 0.204. The minimum atomic E-state index is -0.741. The maximum Gasteiger partial charge on any atom is 0.243 e. The molecule has 4 nitrogen and oxygen atoms in total. The average Bonchev–Trinajstić information content (AvgIpc) is 2.89. The summed E-state index contributed by atoms with van der Waals surface area (Å²) in [6.07, 6.45) is 2.04. The Morgan fingerprint density at radius 2 is 1.69 bits per heavy atom. The standard InChI is InChI=1S/C29H32ClFN2O2S/c1-2-18-32-29(35)27(20-22-9-4-3-5-10-22)33(21-23-11-6-7-12-26(23)31)28(34)13-8-19-36-25-16-14-24(30)15-17-25/h3-7,9-12,14-17,27H,2,8,13,18-21H2,1H3,(H,32,35)/t27-/m0/s1. The summed E-state index contributed by atoms with van der Waals surface area (Å²) < 4.78 is 14.6. The van der Waals surface area contributed by atoms with Gasteiger partial charge in [-0.15, -0.1) is 11.8 Å². The largest absolute Gasteiger partial charge is 0.354 e. The summed E-state index contributed by atoms with van der Waals surface area (Å²) in [5.41, 5.74) is 1.33. The molecule has 0 fully saturated rings. The SMILES string of the molecule is CCCNC(=O)[C@H](Cc1ccccc1)N(Cc1ccccc1F)C(=O)CCCSc1ccc(Cl)cc1. The molecule has 0 aliphatic carbocycles. The zero-order valence-corrected chi connectivity index (χ0v) is 22.0. The molecule has 190 valence electrons. The van der Waals surface area contributed by atoms with Crippen molar-refractivity contribution in [2.45, 2.75) is 50.1 Å². The lowest BCUT2D eigenvalue weighted by Crippen LogP contribution is -2.50. The lowest BCUT2D eigenvalue weighted by molar-refractivity contribution is -0.141. The molecule has 3 aromatic rings. The number of halogens is 2. The smallest absolute Gasteiger partial charge is 0.243 e. The van der Waals surface area contributed by atoms with Gasteiger partial charge in [0.05, 0.1) is 0 Å². The third-order valence-electron chi connectivity index (χ3n) is 5.74. The molecule has 0 unspecified atom stereocenters. The molecular formula is C29H32ClFN2O2S. The first kappa shape index (κ1) is 27.8. The van der Waals surface area contributed by atoms with E-state index in [9.17, 15) is 14.0 Å². The average molecular weight is 527 g/mol. The molecule has 0 saturated carbocycles. The van der Waals surface area contributed by atoms with Gasteiger partial charge in [0, 0.05) is 41.4 Å². The fraction of sp³-hybridized carbons (Fsp3) is 0.310. The summed E-state index contributed by atoms with van der Waals surface area (Å²) in [5.74, 6) is -0.0313. The first-order chi connectivity index (χ1) is 17.5. The first-order valence-corrected chi connectivity index (χ1v) is 13.6. The number of nitrogens with one attached hydrogen (secondary N) is 1. The van der Waals surface area contributed by atoms with Crippen molar-refractivity contribution < 1.29 is 14.0 Å². The van der Waals surface area contributed by atoms with Crippen LogP contribution in [0.4, 0.5) is 4.39 Å². The van der Waals surface area contributed by atoms with Crippen LogP contribution in [0, 0.1) is 5.82 Å². The Kier molecular flexibility index (Phi) is 11.3. The van der Waals surface area contributed by atoms with Crippen molar-refractivity contribution >= 4 is 35.2 Å². The zero-order valence-electron chi connectivity index (χ0n) is 20.5. The Hall–Kier alpha value is -2.83. The van der Waals surface area contributed by atoms with Gasteiger partial charge >= 0.3 is 0 Å². The fourth-order valence-electron chi connectivity index (χ4n) is 3.82. The second-order valence-electron chi connectivity index (χ2n) is 8.52. The van der Waals surface area contributed by atoms with Crippen LogP contribution in [0.5, 0.6) is 0 Å². The minimum absolute atomic E-state index is 0.0346. The molecule has 0 aliphatic heterocycles. The summed E-state index contributed by atoms with van der Waals surface area (Å²) >= 11 is 7.60. The fourth-order valence-corrected chi connectivity index (χ4v) is 4.80. The summed E-state index contributed by atoms with van der Waals surface area (Å²) in [7, 11) is 0. The summed E-state index contributed by atoms with van der Waals surface area (Å²) in [5, 5.41) is 3.62. The van der Waals surface area contributed by atoms with Gasteiger partial charge in [-0.1, -0.05) is 67.1 Å². The van der Waals surface area contributed by atoms with Crippen LogP contribution in [0.25, 0.3) is 0 Å². The van der Waals surface area contributed by atoms with E-state index >= 15 is 0 Å². The van der Waals surface area contributed by atoms with E-state index in [-0.39, 0.29) is 30.6 Å². The number of carbonyl (C=O) groups excluding carboxylic acids is 2. The van der Waals surface area contributed by atoms with Crippen molar-refractivity contribution in [1.82, 2.24) is 10.2 Å². The monoisotopic (exact) mass is 526 g/mol. The van der Waals surface area contributed by atoms with Gasteiger partial charge in [0.15, 0.2) is 0 Å². The number of hydrogen-bond acceptors (Lipinski definition) is 3. The van der Waals surface area contributed by atoms with E-state index in [4.69, 9.17) is 11.6 Å². The summed E-state index contributed by atoms with van der Waals surface area (Å²) in [6, 6.07) is 22.9. The highest BCUT2D eigenvalue weighted by molar-refractivity contribution is 7.99. The summed E-state index contributed by atoms with van der Waals surface area (Å²) in [6.45, 7) is 2.53. The maximum atomic E-state index is 14.6. The van der Waals surface area contributed by atoms with Gasteiger partial charge < -0.3 is 10.2 Å².